The number of benzene rings is 2. The Morgan fingerprint density at radius 2 is 1.45 bits per heavy atom. The number of carboxylic acid groups (broad SMARTS) is 2. The van der Waals surface area contributed by atoms with E-state index in [1.807, 2.05) is 23.0 Å². The van der Waals surface area contributed by atoms with Crippen LogP contribution >= 0.6 is 0 Å². The van der Waals surface area contributed by atoms with Gasteiger partial charge in [-0.15, -0.1) is 0 Å². The highest BCUT2D eigenvalue weighted by Gasteiger charge is 2.13. The number of carbonyl (C=O) groups is 2. The second-order valence-corrected chi connectivity index (χ2v) is 8.60. The van der Waals surface area contributed by atoms with Crippen LogP contribution < -0.4 is 5.56 Å². The maximum absolute atomic E-state index is 11.3. The number of nitrogens with zero attached hydrogens (tertiary/aromatic N) is 3. The number of aromatic nitrogens is 5. The molecule has 0 saturated heterocycles. The first kappa shape index (κ1) is 25.8. The molecule has 10 heteroatoms. The first-order valence-corrected chi connectivity index (χ1v) is 11.6. The lowest BCUT2D eigenvalue weighted by atomic mass is 9.99. The number of nitrogens with one attached hydrogen (secondary N) is 2. The first-order valence-electron chi connectivity index (χ1n) is 11.6. The first-order chi connectivity index (χ1) is 18.2. The van der Waals surface area contributed by atoms with Crippen LogP contribution in [0.25, 0.3) is 33.9 Å². The Kier molecular flexibility index (Phi) is 7.62. The predicted molar refractivity (Wildman–Crippen MR) is 142 cm³/mol. The van der Waals surface area contributed by atoms with Crippen LogP contribution in [-0.2, 0) is 16.1 Å². The summed E-state index contributed by atoms with van der Waals surface area (Å²) < 4.78 is 1.97. The monoisotopic (exact) mass is 511 g/mol. The Morgan fingerprint density at radius 3 is 2.05 bits per heavy atom. The number of imidazole rings is 1. The van der Waals surface area contributed by atoms with E-state index < -0.39 is 11.9 Å². The molecule has 5 rings (SSSR count). The van der Waals surface area contributed by atoms with Crippen molar-refractivity contribution < 1.29 is 19.8 Å². The summed E-state index contributed by atoms with van der Waals surface area (Å²) in [6, 6.07) is 18.4. The van der Waals surface area contributed by atoms with Gasteiger partial charge in [0.25, 0.3) is 5.56 Å². The summed E-state index contributed by atoms with van der Waals surface area (Å²) in [6.45, 7) is 4.82. The molecule has 0 saturated carbocycles. The quantitative estimate of drug-likeness (QED) is 0.250. The number of fused-ring (bicyclic) bond motifs is 1. The van der Waals surface area contributed by atoms with Gasteiger partial charge in [0.1, 0.15) is 5.69 Å². The van der Waals surface area contributed by atoms with Crippen LogP contribution in [0, 0.1) is 13.8 Å². The second-order valence-electron chi connectivity index (χ2n) is 8.60. The molecular formula is C28H25N5O5. The Balaban J connectivity index is 0.000000368. The molecule has 2 aliphatic rings. The summed E-state index contributed by atoms with van der Waals surface area (Å²) in [6.07, 6.45) is 5.00. The lowest BCUT2D eigenvalue weighted by molar-refractivity contribution is -0.134. The third-order valence-electron chi connectivity index (χ3n) is 5.78. The van der Waals surface area contributed by atoms with Crippen molar-refractivity contribution in [2.24, 2.45) is 0 Å². The van der Waals surface area contributed by atoms with Crippen molar-refractivity contribution in [2.75, 3.05) is 0 Å². The van der Waals surface area contributed by atoms with E-state index in [0.717, 1.165) is 22.6 Å². The van der Waals surface area contributed by atoms with E-state index >= 15 is 0 Å². The Bertz CT molecular complexity index is 1630. The average Bonchev–Trinajstić information content (AvgIpc) is 3.50. The molecule has 0 bridgehead atoms. The fraction of sp³-hybridized carbons (Fsp3) is 0.107. The van der Waals surface area contributed by atoms with Gasteiger partial charge in [-0.1, -0.05) is 42.5 Å². The normalized spacial score (nSPS) is 10.9. The van der Waals surface area contributed by atoms with E-state index in [1.54, 1.807) is 6.07 Å². The summed E-state index contributed by atoms with van der Waals surface area (Å²) in [7, 11) is 0. The zero-order valence-electron chi connectivity index (χ0n) is 20.7. The molecule has 0 fully saturated rings. The minimum Gasteiger partial charge on any atom is -0.478 e. The molecule has 4 N–H and O–H groups in total. The Hall–Kier alpha value is -5.25. The third kappa shape index (κ3) is 6.49. The number of rotatable bonds is 6. The zero-order chi connectivity index (χ0) is 27.2. The number of pyridine rings is 1. The standard InChI is InChI=1S/C24H21N5O.C4H4O4/c1-15-3-4-19(11-16(15)2)17-5-7-18(8-6-17)24-25-21-9-10-29(14-22(21)26-24)13-20-12-23(30)28-27-20;5-3(6)1-2-4(7)8/h3-12,14H,13H2,1-2H3,(H2,27,28,30);1-2H,(H,5,6)(H,7,8). The van der Waals surface area contributed by atoms with E-state index in [2.05, 4.69) is 71.5 Å². The van der Waals surface area contributed by atoms with Gasteiger partial charge in [-0.2, -0.15) is 0 Å². The van der Waals surface area contributed by atoms with E-state index in [-0.39, 0.29) is 5.56 Å². The topological polar surface area (TPSA) is 154 Å². The van der Waals surface area contributed by atoms with E-state index in [9.17, 15) is 14.4 Å². The molecule has 0 spiro atoms. The molecule has 10 nitrogen and oxygen atoms in total. The van der Waals surface area contributed by atoms with Crippen LogP contribution in [0.3, 0.4) is 0 Å². The zero-order valence-corrected chi connectivity index (χ0v) is 20.7. The van der Waals surface area contributed by atoms with Gasteiger partial charge in [0.05, 0.1) is 17.9 Å². The molecule has 0 amide bonds. The second kappa shape index (κ2) is 11.2. The minimum atomic E-state index is -1.26. The van der Waals surface area contributed by atoms with Gasteiger partial charge in [-0.25, -0.2) is 19.6 Å². The fourth-order valence-corrected chi connectivity index (χ4v) is 3.71. The number of hydrogen-bond donors (Lipinski definition) is 4. The lowest BCUT2D eigenvalue weighted by Crippen LogP contribution is -2.01. The van der Waals surface area contributed by atoms with Crippen LogP contribution in [0.4, 0.5) is 0 Å². The predicted octanol–water partition coefficient (Wildman–Crippen LogP) is 4.11. The fourth-order valence-electron chi connectivity index (χ4n) is 3.71. The summed E-state index contributed by atoms with van der Waals surface area (Å²) in [5, 5.41) is 21.0. The molecule has 38 heavy (non-hydrogen) atoms. The minimum absolute atomic E-state index is 0.133. The summed E-state index contributed by atoms with van der Waals surface area (Å²) in [5.41, 5.74) is 8.31. The molecule has 3 heterocycles. The smallest absolute Gasteiger partial charge is 0.328 e. The van der Waals surface area contributed by atoms with Gasteiger partial charge in [0.15, 0.2) is 5.82 Å². The molecule has 2 aliphatic heterocycles. The molecule has 1 aromatic heterocycles. The van der Waals surface area contributed by atoms with Gasteiger partial charge in [0, 0.05) is 36.2 Å². The van der Waals surface area contributed by atoms with Crippen LogP contribution in [0.5, 0.6) is 0 Å². The molecule has 0 atom stereocenters. The highest BCUT2D eigenvalue weighted by molar-refractivity contribution is 5.89. The summed E-state index contributed by atoms with van der Waals surface area (Å²) in [5.74, 6) is -1.80. The van der Waals surface area contributed by atoms with Crippen LogP contribution in [0.15, 0.2) is 83.9 Å². The molecule has 0 radical (unpaired) electrons. The number of H-pyrrole nitrogens is 2. The third-order valence-corrected chi connectivity index (χ3v) is 5.78. The van der Waals surface area contributed by atoms with Gasteiger partial charge in [-0.05, 0) is 42.2 Å². The van der Waals surface area contributed by atoms with Crippen molar-refractivity contribution >= 4 is 11.9 Å². The Labute approximate surface area is 217 Å². The van der Waals surface area contributed by atoms with Crippen molar-refractivity contribution in [1.29, 1.82) is 0 Å². The molecule has 2 aromatic carbocycles. The average molecular weight is 512 g/mol. The number of aryl methyl sites for hydroxylation is 2. The number of carboxylic acids is 2. The highest BCUT2D eigenvalue weighted by Crippen LogP contribution is 2.28. The van der Waals surface area contributed by atoms with Crippen molar-refractivity contribution in [3.05, 3.63) is 106 Å². The van der Waals surface area contributed by atoms with Crippen molar-refractivity contribution in [2.45, 2.75) is 20.4 Å². The highest BCUT2D eigenvalue weighted by atomic mass is 16.4. The van der Waals surface area contributed by atoms with Gasteiger partial charge in [-0.3, -0.25) is 9.89 Å². The van der Waals surface area contributed by atoms with E-state index in [0.29, 0.717) is 24.5 Å². The largest absolute Gasteiger partial charge is 0.478 e. The summed E-state index contributed by atoms with van der Waals surface area (Å²) in [4.78, 5) is 39.8. The van der Waals surface area contributed by atoms with Gasteiger partial charge >= 0.3 is 11.9 Å². The van der Waals surface area contributed by atoms with Crippen LogP contribution in [0.1, 0.15) is 16.8 Å². The van der Waals surface area contributed by atoms with Crippen molar-refractivity contribution in [1.82, 2.24) is 24.7 Å². The van der Waals surface area contributed by atoms with Gasteiger partial charge < -0.3 is 19.9 Å². The Morgan fingerprint density at radius 1 is 0.816 bits per heavy atom. The van der Waals surface area contributed by atoms with Crippen molar-refractivity contribution in [3.63, 3.8) is 0 Å². The van der Waals surface area contributed by atoms with Crippen molar-refractivity contribution in [3.8, 4) is 33.9 Å². The number of aromatic amines is 2. The van der Waals surface area contributed by atoms with Crippen LogP contribution in [0.2, 0.25) is 0 Å². The molecule has 192 valence electrons. The van der Waals surface area contributed by atoms with E-state index in [4.69, 9.17) is 15.2 Å². The summed E-state index contributed by atoms with van der Waals surface area (Å²) >= 11 is 0. The molecule has 0 aliphatic carbocycles. The molecule has 0 unspecified atom stereocenters. The maximum atomic E-state index is 11.3. The number of aliphatic carboxylic acids is 2. The van der Waals surface area contributed by atoms with E-state index in [1.165, 1.54) is 22.3 Å². The maximum Gasteiger partial charge on any atom is 0.328 e. The van der Waals surface area contributed by atoms with Gasteiger partial charge in [0.2, 0.25) is 0 Å². The molecule has 3 aromatic rings. The molecular weight excluding hydrogens is 486 g/mol. The van der Waals surface area contributed by atoms with Crippen LogP contribution in [-0.4, -0.2) is 46.9 Å². The number of hydrogen-bond acceptors (Lipinski definition) is 5. The SMILES string of the molecule is Cc1ccc(-c2ccc(-c3nc4ccn(Cc5cc(=O)[nH][nH]5)cc-4n3)cc2)cc1C.O=C(O)C=CC(=O)O. The lowest BCUT2D eigenvalue weighted by Gasteiger charge is -2.06.